The number of ether oxygens (including phenoxy) is 1. The lowest BCUT2D eigenvalue weighted by atomic mass is 9.81. The molecule has 0 aromatic heterocycles. The summed E-state index contributed by atoms with van der Waals surface area (Å²) in [5.74, 6) is 0.306. The molecule has 1 aromatic rings. The molecule has 0 amide bonds. The summed E-state index contributed by atoms with van der Waals surface area (Å²) in [7, 11) is 3.74. The van der Waals surface area contributed by atoms with Crippen molar-refractivity contribution in [3.63, 3.8) is 0 Å². The fourth-order valence-corrected chi connectivity index (χ4v) is 3.70. The fraction of sp³-hybridized carbons (Fsp3) is 0.647. The maximum absolute atomic E-state index is 13.2. The summed E-state index contributed by atoms with van der Waals surface area (Å²) < 4.78 is 19.0. The minimum Gasteiger partial charge on any atom is -0.380 e. The van der Waals surface area contributed by atoms with Gasteiger partial charge in [-0.3, -0.25) is 0 Å². The van der Waals surface area contributed by atoms with E-state index in [-0.39, 0.29) is 18.0 Å². The predicted molar refractivity (Wildman–Crippen MR) is 85.3 cm³/mol. The molecule has 0 aliphatic heterocycles. The molecule has 2 unspecified atom stereocenters. The Hall–Kier alpha value is -0.640. The number of benzene rings is 1. The van der Waals surface area contributed by atoms with E-state index < -0.39 is 0 Å². The van der Waals surface area contributed by atoms with E-state index in [1.54, 1.807) is 13.2 Å². The van der Waals surface area contributed by atoms with Crippen LogP contribution in [-0.4, -0.2) is 26.3 Å². The predicted octanol–water partition coefficient (Wildman–Crippen LogP) is 4.20. The summed E-state index contributed by atoms with van der Waals surface area (Å²) in [5, 5.41) is 3.86. The molecule has 2 atom stereocenters. The third-order valence-electron chi connectivity index (χ3n) is 4.61. The summed E-state index contributed by atoms with van der Waals surface area (Å²) in [5.41, 5.74) is 0.968. The van der Waals surface area contributed by atoms with Crippen molar-refractivity contribution >= 4 is 11.6 Å². The third-order valence-corrected chi connectivity index (χ3v) is 4.96. The molecule has 1 aromatic carbocycles. The number of methoxy groups -OCH3 is 1. The topological polar surface area (TPSA) is 21.3 Å². The van der Waals surface area contributed by atoms with E-state index in [4.69, 9.17) is 16.3 Å². The molecule has 21 heavy (non-hydrogen) atoms. The first-order chi connectivity index (χ1) is 10.2. The van der Waals surface area contributed by atoms with E-state index in [0.29, 0.717) is 10.9 Å². The lowest BCUT2D eigenvalue weighted by Gasteiger charge is -2.35. The van der Waals surface area contributed by atoms with Crippen molar-refractivity contribution < 1.29 is 9.13 Å². The average molecular weight is 314 g/mol. The molecule has 0 saturated heterocycles. The molecule has 4 heteroatoms. The van der Waals surface area contributed by atoms with Gasteiger partial charge in [0.25, 0.3) is 0 Å². The van der Waals surface area contributed by atoms with Gasteiger partial charge in [-0.2, -0.15) is 0 Å². The van der Waals surface area contributed by atoms with Crippen LogP contribution in [0.5, 0.6) is 0 Å². The first-order valence-electron chi connectivity index (χ1n) is 7.79. The van der Waals surface area contributed by atoms with Crippen molar-refractivity contribution in [2.45, 2.75) is 50.7 Å². The summed E-state index contributed by atoms with van der Waals surface area (Å²) >= 11 is 6.16. The van der Waals surface area contributed by atoms with E-state index in [1.165, 1.54) is 44.2 Å². The molecule has 0 bridgehead atoms. The third kappa shape index (κ3) is 4.41. The molecule has 1 N–H and O–H groups in total. The zero-order valence-corrected chi connectivity index (χ0v) is 13.6. The number of halogens is 2. The van der Waals surface area contributed by atoms with Crippen molar-refractivity contribution in [2.24, 2.45) is 5.92 Å². The average Bonchev–Trinajstić information content (AvgIpc) is 2.50. The van der Waals surface area contributed by atoms with E-state index in [9.17, 15) is 4.39 Å². The van der Waals surface area contributed by atoms with Crippen LogP contribution in [0.2, 0.25) is 5.02 Å². The SMILES string of the molecule is CNC(Cc1ccc(F)cc1Cl)C(OC)C1CCCCC1. The van der Waals surface area contributed by atoms with Crippen LogP contribution >= 0.6 is 11.6 Å². The second-order valence-corrected chi connectivity index (χ2v) is 6.34. The lowest BCUT2D eigenvalue weighted by Crippen LogP contribution is -2.45. The second kappa shape index (κ2) is 8.11. The van der Waals surface area contributed by atoms with Crippen molar-refractivity contribution in [1.29, 1.82) is 0 Å². The minimum absolute atomic E-state index is 0.177. The van der Waals surface area contributed by atoms with E-state index in [2.05, 4.69) is 5.32 Å². The van der Waals surface area contributed by atoms with Crippen LogP contribution in [0.15, 0.2) is 18.2 Å². The molecule has 0 heterocycles. The molecular weight excluding hydrogens is 289 g/mol. The van der Waals surface area contributed by atoms with Gasteiger partial charge in [0.15, 0.2) is 0 Å². The number of hydrogen-bond donors (Lipinski definition) is 1. The highest BCUT2D eigenvalue weighted by Gasteiger charge is 2.30. The van der Waals surface area contributed by atoms with Gasteiger partial charge in [0.05, 0.1) is 6.10 Å². The maximum Gasteiger partial charge on any atom is 0.124 e. The zero-order chi connectivity index (χ0) is 15.2. The molecule has 2 nitrogen and oxygen atoms in total. The first-order valence-corrected chi connectivity index (χ1v) is 8.17. The lowest BCUT2D eigenvalue weighted by molar-refractivity contribution is 0.0102. The number of rotatable bonds is 6. The van der Waals surface area contributed by atoms with E-state index in [0.717, 1.165) is 12.0 Å². The Kier molecular flexibility index (Phi) is 6.46. The molecular formula is C17H25ClFNO. The molecule has 1 fully saturated rings. The Morgan fingerprint density at radius 1 is 1.33 bits per heavy atom. The van der Waals surface area contributed by atoms with Crippen LogP contribution in [0.1, 0.15) is 37.7 Å². The highest BCUT2D eigenvalue weighted by Crippen LogP contribution is 2.30. The molecule has 1 saturated carbocycles. The van der Waals surface area contributed by atoms with Gasteiger partial charge in [-0.15, -0.1) is 0 Å². The summed E-state index contributed by atoms with van der Waals surface area (Å²) in [6.45, 7) is 0. The Morgan fingerprint density at radius 2 is 2.05 bits per heavy atom. The highest BCUT2D eigenvalue weighted by molar-refractivity contribution is 6.31. The van der Waals surface area contributed by atoms with Gasteiger partial charge in [-0.1, -0.05) is 36.9 Å². The highest BCUT2D eigenvalue weighted by atomic mass is 35.5. The van der Waals surface area contributed by atoms with Crippen LogP contribution in [0.25, 0.3) is 0 Å². The van der Waals surface area contributed by atoms with Crippen LogP contribution in [0.3, 0.4) is 0 Å². The number of hydrogen-bond acceptors (Lipinski definition) is 2. The molecule has 1 aliphatic carbocycles. The molecule has 0 radical (unpaired) electrons. The number of nitrogens with one attached hydrogen (secondary N) is 1. The summed E-state index contributed by atoms with van der Waals surface area (Å²) in [6.07, 6.45) is 7.31. The smallest absolute Gasteiger partial charge is 0.124 e. The van der Waals surface area contributed by atoms with E-state index >= 15 is 0 Å². The van der Waals surface area contributed by atoms with Gasteiger partial charge < -0.3 is 10.1 Å². The van der Waals surface area contributed by atoms with Crippen LogP contribution < -0.4 is 5.32 Å². The number of likely N-dealkylation sites (N-methyl/N-ethyl adjacent to an activating group) is 1. The van der Waals surface area contributed by atoms with Gasteiger partial charge in [0, 0.05) is 18.2 Å². The van der Waals surface area contributed by atoms with Gasteiger partial charge in [-0.05, 0) is 49.9 Å². The Morgan fingerprint density at radius 3 is 2.62 bits per heavy atom. The molecule has 118 valence electrons. The molecule has 0 spiro atoms. The quantitative estimate of drug-likeness (QED) is 0.849. The summed E-state index contributed by atoms with van der Waals surface area (Å²) in [6, 6.07) is 4.82. The van der Waals surface area contributed by atoms with Crippen LogP contribution in [0.4, 0.5) is 4.39 Å². The Bertz CT molecular complexity index is 448. The van der Waals surface area contributed by atoms with Gasteiger partial charge in [0.2, 0.25) is 0 Å². The minimum atomic E-state index is -0.291. The van der Waals surface area contributed by atoms with Gasteiger partial charge in [-0.25, -0.2) is 4.39 Å². The standard InChI is InChI=1S/C17H25ClFNO/c1-20-16(10-13-8-9-14(19)11-15(13)18)17(21-2)12-6-4-3-5-7-12/h8-9,11-12,16-17,20H,3-7,10H2,1-2H3. The fourth-order valence-electron chi connectivity index (χ4n) is 3.45. The monoisotopic (exact) mass is 313 g/mol. The van der Waals surface area contributed by atoms with Gasteiger partial charge in [0.1, 0.15) is 5.82 Å². The van der Waals surface area contributed by atoms with Crippen molar-refractivity contribution in [3.05, 3.63) is 34.6 Å². The Labute approximate surface area is 132 Å². The van der Waals surface area contributed by atoms with Crippen molar-refractivity contribution in [2.75, 3.05) is 14.2 Å². The van der Waals surface area contributed by atoms with Crippen molar-refractivity contribution in [1.82, 2.24) is 5.32 Å². The maximum atomic E-state index is 13.2. The molecule has 1 aliphatic rings. The van der Waals surface area contributed by atoms with E-state index in [1.807, 2.05) is 7.05 Å². The summed E-state index contributed by atoms with van der Waals surface area (Å²) in [4.78, 5) is 0. The Balaban J connectivity index is 2.09. The van der Waals surface area contributed by atoms with Crippen LogP contribution in [-0.2, 0) is 11.2 Å². The molecule has 2 rings (SSSR count). The normalized spacial score (nSPS) is 19.4. The van der Waals surface area contributed by atoms with Gasteiger partial charge >= 0.3 is 0 Å². The van der Waals surface area contributed by atoms with Crippen LogP contribution in [0, 0.1) is 11.7 Å². The van der Waals surface area contributed by atoms with Crippen molar-refractivity contribution in [3.8, 4) is 0 Å². The zero-order valence-electron chi connectivity index (χ0n) is 12.9. The second-order valence-electron chi connectivity index (χ2n) is 5.93. The largest absolute Gasteiger partial charge is 0.380 e. The first kappa shape index (κ1) is 16.7.